The van der Waals surface area contributed by atoms with Crippen LogP contribution in [0.25, 0.3) is 0 Å². The van der Waals surface area contributed by atoms with Gasteiger partial charge in [0.2, 0.25) is 6.41 Å². The summed E-state index contributed by atoms with van der Waals surface area (Å²) < 4.78 is 10.6. The molecule has 1 amide bonds. The Morgan fingerprint density at radius 3 is 2.69 bits per heavy atom. The lowest BCUT2D eigenvalue weighted by Gasteiger charge is -2.39. The summed E-state index contributed by atoms with van der Waals surface area (Å²) >= 11 is 0. The average Bonchev–Trinajstić information content (AvgIpc) is 2.28. The molecular formula is C10H19NO5. The number of carbonyl (C=O) groups is 1. The Morgan fingerprint density at radius 1 is 1.38 bits per heavy atom. The zero-order valence-corrected chi connectivity index (χ0v) is 9.50. The SMILES string of the molecule is C[C@H]1[C@@H](O)[C@H](O)[C@H](OCCNC=O)O[C@H]1C. The van der Waals surface area contributed by atoms with Gasteiger partial charge in [0.15, 0.2) is 6.29 Å². The maximum absolute atomic E-state index is 9.98. The van der Waals surface area contributed by atoms with Crippen LogP contribution in [0.1, 0.15) is 13.8 Å². The van der Waals surface area contributed by atoms with E-state index in [0.29, 0.717) is 13.0 Å². The second kappa shape index (κ2) is 6.15. The van der Waals surface area contributed by atoms with Crippen LogP contribution in [0.15, 0.2) is 0 Å². The highest BCUT2D eigenvalue weighted by atomic mass is 16.7. The van der Waals surface area contributed by atoms with E-state index < -0.39 is 18.5 Å². The maximum atomic E-state index is 9.98. The minimum absolute atomic E-state index is 0.136. The molecule has 6 heteroatoms. The molecule has 0 bridgehead atoms. The van der Waals surface area contributed by atoms with Crippen molar-refractivity contribution in [1.82, 2.24) is 5.32 Å². The largest absolute Gasteiger partial charge is 0.390 e. The summed E-state index contributed by atoms with van der Waals surface area (Å²) in [6, 6.07) is 0. The first-order valence-electron chi connectivity index (χ1n) is 5.38. The summed E-state index contributed by atoms with van der Waals surface area (Å²) in [5.74, 6) is -0.136. The van der Waals surface area contributed by atoms with Crippen molar-refractivity contribution in [1.29, 1.82) is 0 Å². The molecule has 94 valence electrons. The Morgan fingerprint density at radius 2 is 2.06 bits per heavy atom. The molecule has 0 aromatic carbocycles. The molecule has 1 aliphatic heterocycles. The molecule has 0 aliphatic carbocycles. The van der Waals surface area contributed by atoms with Gasteiger partial charge in [-0.2, -0.15) is 0 Å². The topological polar surface area (TPSA) is 88.0 Å². The number of nitrogens with one attached hydrogen (secondary N) is 1. The molecule has 0 saturated carbocycles. The number of rotatable bonds is 5. The number of amides is 1. The number of ether oxygens (including phenoxy) is 2. The Balaban J connectivity index is 2.38. The number of hydrogen-bond acceptors (Lipinski definition) is 5. The lowest BCUT2D eigenvalue weighted by molar-refractivity contribution is -0.279. The predicted molar refractivity (Wildman–Crippen MR) is 55.5 cm³/mol. The van der Waals surface area contributed by atoms with Gasteiger partial charge in [-0.05, 0) is 6.92 Å². The van der Waals surface area contributed by atoms with Gasteiger partial charge in [-0.1, -0.05) is 6.92 Å². The van der Waals surface area contributed by atoms with E-state index >= 15 is 0 Å². The first-order chi connectivity index (χ1) is 7.57. The molecule has 5 atom stereocenters. The zero-order valence-electron chi connectivity index (χ0n) is 9.50. The van der Waals surface area contributed by atoms with Gasteiger partial charge in [0, 0.05) is 12.5 Å². The summed E-state index contributed by atoms with van der Waals surface area (Å²) in [7, 11) is 0. The van der Waals surface area contributed by atoms with Gasteiger partial charge < -0.3 is 25.0 Å². The molecule has 0 spiro atoms. The van der Waals surface area contributed by atoms with Gasteiger partial charge in [-0.15, -0.1) is 0 Å². The third-order valence-corrected chi connectivity index (χ3v) is 2.87. The molecule has 16 heavy (non-hydrogen) atoms. The van der Waals surface area contributed by atoms with E-state index in [1.54, 1.807) is 0 Å². The standard InChI is InChI=1S/C10H19NO5/c1-6-7(2)16-10(9(14)8(6)13)15-4-3-11-5-12/h5-10,13-14H,3-4H2,1-2H3,(H,11,12)/t6-,7+,8-,9+,10-/m1/s1. The Bertz CT molecular complexity index is 225. The molecule has 1 saturated heterocycles. The summed E-state index contributed by atoms with van der Waals surface area (Å²) in [5.41, 5.74) is 0. The molecule has 6 nitrogen and oxygen atoms in total. The molecule has 1 rings (SSSR count). The average molecular weight is 233 g/mol. The van der Waals surface area contributed by atoms with Gasteiger partial charge in [-0.3, -0.25) is 4.79 Å². The van der Waals surface area contributed by atoms with Crippen molar-refractivity contribution < 1.29 is 24.5 Å². The fraction of sp³-hybridized carbons (Fsp3) is 0.900. The van der Waals surface area contributed by atoms with Gasteiger partial charge in [0.1, 0.15) is 6.10 Å². The maximum Gasteiger partial charge on any atom is 0.207 e. The third-order valence-electron chi connectivity index (χ3n) is 2.87. The van der Waals surface area contributed by atoms with Gasteiger partial charge >= 0.3 is 0 Å². The van der Waals surface area contributed by atoms with Crippen molar-refractivity contribution in [3.63, 3.8) is 0 Å². The van der Waals surface area contributed by atoms with Crippen LogP contribution in [0.5, 0.6) is 0 Å². The summed E-state index contributed by atoms with van der Waals surface area (Å²) in [5, 5.41) is 21.8. The number of carbonyl (C=O) groups excluding carboxylic acids is 1. The van der Waals surface area contributed by atoms with Crippen LogP contribution in [0.3, 0.4) is 0 Å². The van der Waals surface area contributed by atoms with E-state index in [4.69, 9.17) is 9.47 Å². The smallest absolute Gasteiger partial charge is 0.207 e. The Kier molecular flexibility index (Phi) is 5.14. The highest BCUT2D eigenvalue weighted by molar-refractivity contribution is 5.45. The molecule has 3 N–H and O–H groups in total. The Labute approximate surface area is 94.5 Å². The molecule has 1 aliphatic rings. The van der Waals surface area contributed by atoms with Crippen LogP contribution >= 0.6 is 0 Å². The van der Waals surface area contributed by atoms with Crippen LogP contribution in [0.4, 0.5) is 0 Å². The van der Waals surface area contributed by atoms with Crippen LogP contribution in [-0.2, 0) is 14.3 Å². The van der Waals surface area contributed by atoms with Crippen LogP contribution < -0.4 is 5.32 Å². The van der Waals surface area contributed by atoms with Crippen LogP contribution in [-0.4, -0.2) is 54.4 Å². The predicted octanol–water partition coefficient (Wildman–Crippen LogP) is -1.15. The van der Waals surface area contributed by atoms with Crippen molar-refractivity contribution in [3.8, 4) is 0 Å². The van der Waals surface area contributed by atoms with Gasteiger partial charge in [0.05, 0.1) is 18.8 Å². The second-order valence-electron chi connectivity index (χ2n) is 3.99. The number of aliphatic hydroxyl groups is 2. The third kappa shape index (κ3) is 3.15. The lowest BCUT2D eigenvalue weighted by atomic mass is 9.92. The Hall–Kier alpha value is -0.690. The highest BCUT2D eigenvalue weighted by Crippen LogP contribution is 2.25. The fourth-order valence-corrected chi connectivity index (χ4v) is 1.60. The van der Waals surface area contributed by atoms with E-state index in [-0.39, 0.29) is 18.6 Å². The van der Waals surface area contributed by atoms with Gasteiger partial charge in [-0.25, -0.2) is 0 Å². The van der Waals surface area contributed by atoms with Crippen molar-refractivity contribution in [3.05, 3.63) is 0 Å². The molecule has 0 unspecified atom stereocenters. The van der Waals surface area contributed by atoms with E-state index in [1.807, 2.05) is 13.8 Å². The minimum Gasteiger partial charge on any atom is -0.390 e. The monoisotopic (exact) mass is 233 g/mol. The molecule has 0 aromatic rings. The van der Waals surface area contributed by atoms with Gasteiger partial charge in [0.25, 0.3) is 0 Å². The highest BCUT2D eigenvalue weighted by Gasteiger charge is 2.40. The number of aliphatic hydroxyl groups excluding tert-OH is 2. The van der Waals surface area contributed by atoms with Crippen molar-refractivity contribution in [2.24, 2.45) is 5.92 Å². The fourth-order valence-electron chi connectivity index (χ4n) is 1.60. The first kappa shape index (κ1) is 13.4. The van der Waals surface area contributed by atoms with Crippen LogP contribution in [0, 0.1) is 5.92 Å². The zero-order chi connectivity index (χ0) is 12.1. The van der Waals surface area contributed by atoms with E-state index in [2.05, 4.69) is 5.32 Å². The first-order valence-corrected chi connectivity index (χ1v) is 5.38. The van der Waals surface area contributed by atoms with E-state index in [9.17, 15) is 15.0 Å². The summed E-state index contributed by atoms with van der Waals surface area (Å²) in [6.07, 6.45) is -2.35. The normalized spacial score (nSPS) is 39.4. The molecular weight excluding hydrogens is 214 g/mol. The summed E-state index contributed by atoms with van der Waals surface area (Å²) in [4.78, 5) is 9.98. The second-order valence-corrected chi connectivity index (χ2v) is 3.99. The van der Waals surface area contributed by atoms with Crippen molar-refractivity contribution >= 4 is 6.41 Å². The number of hydrogen-bond donors (Lipinski definition) is 3. The lowest BCUT2D eigenvalue weighted by Crippen LogP contribution is -2.53. The molecule has 1 fully saturated rings. The van der Waals surface area contributed by atoms with Crippen molar-refractivity contribution in [2.75, 3.05) is 13.2 Å². The molecule has 0 aromatic heterocycles. The quantitative estimate of drug-likeness (QED) is 0.412. The van der Waals surface area contributed by atoms with E-state index in [0.717, 1.165) is 0 Å². The van der Waals surface area contributed by atoms with Crippen molar-refractivity contribution in [2.45, 2.75) is 38.4 Å². The molecule has 0 radical (unpaired) electrons. The summed E-state index contributed by atoms with van der Waals surface area (Å²) in [6.45, 7) is 4.20. The molecule has 1 heterocycles. The minimum atomic E-state index is -1.05. The van der Waals surface area contributed by atoms with E-state index in [1.165, 1.54) is 0 Å². The van der Waals surface area contributed by atoms with Crippen LogP contribution in [0.2, 0.25) is 0 Å².